The van der Waals surface area contributed by atoms with Gasteiger partial charge in [0.2, 0.25) is 0 Å². The van der Waals surface area contributed by atoms with Crippen molar-refractivity contribution in [3.05, 3.63) is 93.5 Å². The Bertz CT molecular complexity index is 1430. The summed E-state index contributed by atoms with van der Waals surface area (Å²) in [5.74, 6) is -0.216. The van der Waals surface area contributed by atoms with E-state index in [1.54, 1.807) is 16.8 Å². The Kier molecular flexibility index (Phi) is 6.86. The molecule has 174 valence electrons. The van der Waals surface area contributed by atoms with Crippen LogP contribution in [0.1, 0.15) is 27.2 Å². The second-order valence-electron chi connectivity index (χ2n) is 8.36. The number of nitrogens with one attached hydrogen (secondary N) is 1. The van der Waals surface area contributed by atoms with Crippen LogP contribution in [0, 0.1) is 13.8 Å². The Labute approximate surface area is 197 Å². The molecule has 0 aliphatic carbocycles. The van der Waals surface area contributed by atoms with Crippen molar-refractivity contribution < 1.29 is 9.90 Å². The molecule has 2 heterocycles. The highest BCUT2D eigenvalue weighted by atomic mass is 16.3. The molecule has 1 amide bonds. The fourth-order valence-electron chi connectivity index (χ4n) is 4.09. The third-order valence-corrected chi connectivity index (χ3v) is 5.82. The molecule has 0 aliphatic rings. The first-order chi connectivity index (χ1) is 16.4. The van der Waals surface area contributed by atoms with Gasteiger partial charge in [-0.3, -0.25) is 14.6 Å². The van der Waals surface area contributed by atoms with Gasteiger partial charge in [0.1, 0.15) is 0 Å². The molecule has 0 bridgehead atoms. The quantitative estimate of drug-likeness (QED) is 0.395. The van der Waals surface area contributed by atoms with Gasteiger partial charge in [-0.05, 0) is 67.9 Å². The maximum absolute atomic E-state index is 13.5. The summed E-state index contributed by atoms with van der Waals surface area (Å²) >= 11 is 0. The lowest BCUT2D eigenvalue weighted by Crippen LogP contribution is -2.24. The van der Waals surface area contributed by atoms with Crippen LogP contribution in [0.3, 0.4) is 0 Å². The first-order valence-corrected chi connectivity index (χ1v) is 11.2. The Hall–Kier alpha value is -3.81. The van der Waals surface area contributed by atoms with Crippen LogP contribution in [-0.4, -0.2) is 33.7 Å². The van der Waals surface area contributed by atoms with Gasteiger partial charge in [0.15, 0.2) is 0 Å². The van der Waals surface area contributed by atoms with Gasteiger partial charge in [0, 0.05) is 47.1 Å². The predicted molar refractivity (Wildman–Crippen MR) is 135 cm³/mol. The number of carbonyl (C=O) groups is 1. The average molecular weight is 457 g/mol. The first-order valence-electron chi connectivity index (χ1n) is 11.2. The van der Waals surface area contributed by atoms with Crippen molar-refractivity contribution >= 4 is 22.5 Å². The van der Waals surface area contributed by atoms with Gasteiger partial charge in [-0.25, -0.2) is 0 Å². The highest BCUT2D eigenvalue weighted by molar-refractivity contribution is 6.04. The summed E-state index contributed by atoms with van der Waals surface area (Å²) in [6.45, 7) is 4.31. The molecule has 4 aromatic rings. The fourth-order valence-corrected chi connectivity index (χ4v) is 4.09. The SMILES string of the molecule is Cc1cccc(C(=O)Nc2ccc(C)c(-c3cc4cnc(CCN)cc4n(CCO)c3=O)c2)c1. The standard InChI is InChI=1S/C27H28N4O3/c1-17-4-3-5-19(12-17)26(33)30-22-7-6-18(2)23(14-22)24-13-20-16-29-21(8-9-28)15-25(20)31(10-11-32)27(24)34/h3-7,12-16,32H,8-11,28H2,1-2H3,(H,30,33). The fraction of sp³-hybridized carbons (Fsp3) is 0.222. The molecule has 0 radical (unpaired) electrons. The molecule has 7 heteroatoms. The van der Waals surface area contributed by atoms with Crippen molar-refractivity contribution in [1.29, 1.82) is 0 Å². The second kappa shape index (κ2) is 9.99. The molecule has 7 nitrogen and oxygen atoms in total. The smallest absolute Gasteiger partial charge is 0.259 e. The minimum absolute atomic E-state index is 0.165. The highest BCUT2D eigenvalue weighted by Crippen LogP contribution is 2.27. The number of aliphatic hydroxyl groups excluding tert-OH is 1. The number of pyridine rings is 2. The number of anilines is 1. The summed E-state index contributed by atoms with van der Waals surface area (Å²) in [7, 11) is 0. The van der Waals surface area contributed by atoms with Gasteiger partial charge in [0.05, 0.1) is 12.1 Å². The Morgan fingerprint density at radius 2 is 1.91 bits per heavy atom. The first kappa shape index (κ1) is 23.4. The molecule has 0 aliphatic heterocycles. The van der Waals surface area contributed by atoms with Crippen LogP contribution in [0.5, 0.6) is 0 Å². The lowest BCUT2D eigenvalue weighted by molar-refractivity contribution is 0.102. The molecule has 4 rings (SSSR count). The second-order valence-corrected chi connectivity index (χ2v) is 8.36. The van der Waals surface area contributed by atoms with Gasteiger partial charge in [0.25, 0.3) is 11.5 Å². The molecule has 0 saturated carbocycles. The molecular weight excluding hydrogens is 428 g/mol. The topological polar surface area (TPSA) is 110 Å². The normalized spacial score (nSPS) is 11.1. The number of benzene rings is 2. The van der Waals surface area contributed by atoms with Gasteiger partial charge >= 0.3 is 0 Å². The van der Waals surface area contributed by atoms with Crippen molar-refractivity contribution in [2.45, 2.75) is 26.8 Å². The molecule has 34 heavy (non-hydrogen) atoms. The van der Waals surface area contributed by atoms with Gasteiger partial charge in [-0.1, -0.05) is 23.8 Å². The number of amides is 1. The van der Waals surface area contributed by atoms with Crippen LogP contribution in [0.15, 0.2) is 65.6 Å². The van der Waals surface area contributed by atoms with Crippen molar-refractivity contribution in [1.82, 2.24) is 9.55 Å². The summed E-state index contributed by atoms with van der Waals surface area (Å²) in [5, 5.41) is 13.3. The van der Waals surface area contributed by atoms with Gasteiger partial charge in [-0.15, -0.1) is 0 Å². The molecule has 2 aromatic carbocycles. The third kappa shape index (κ3) is 4.76. The number of nitrogens with two attached hydrogens (primary N) is 1. The number of fused-ring (bicyclic) bond motifs is 1. The van der Waals surface area contributed by atoms with Crippen LogP contribution in [0.25, 0.3) is 22.0 Å². The number of aryl methyl sites for hydroxylation is 2. The summed E-state index contributed by atoms with van der Waals surface area (Å²) in [6.07, 6.45) is 2.34. The van der Waals surface area contributed by atoms with Crippen molar-refractivity contribution in [2.24, 2.45) is 5.73 Å². The van der Waals surface area contributed by atoms with Gasteiger partial charge < -0.3 is 20.7 Å². The summed E-state index contributed by atoms with van der Waals surface area (Å²) in [6, 6.07) is 16.6. The average Bonchev–Trinajstić information content (AvgIpc) is 2.82. The van der Waals surface area contributed by atoms with E-state index in [2.05, 4.69) is 10.3 Å². The predicted octanol–water partition coefficient (Wildman–Crippen LogP) is 3.43. The van der Waals surface area contributed by atoms with Crippen LogP contribution in [-0.2, 0) is 13.0 Å². The lowest BCUT2D eigenvalue weighted by atomic mass is 9.99. The molecule has 0 atom stereocenters. The van der Waals surface area contributed by atoms with E-state index in [0.29, 0.717) is 40.9 Å². The molecule has 0 unspecified atom stereocenters. The Morgan fingerprint density at radius 3 is 2.65 bits per heavy atom. The molecule has 2 aromatic heterocycles. The number of hydrogen-bond donors (Lipinski definition) is 3. The highest BCUT2D eigenvalue weighted by Gasteiger charge is 2.15. The molecular formula is C27H28N4O3. The maximum atomic E-state index is 13.5. The number of aliphatic hydroxyl groups is 1. The van der Waals surface area contributed by atoms with E-state index in [1.807, 2.05) is 62.4 Å². The number of carbonyl (C=O) groups excluding carboxylic acids is 1. The number of nitrogens with zero attached hydrogens (tertiary/aromatic N) is 2. The van der Waals surface area contributed by atoms with E-state index in [9.17, 15) is 14.7 Å². The minimum atomic E-state index is -0.216. The van der Waals surface area contributed by atoms with E-state index >= 15 is 0 Å². The van der Waals surface area contributed by atoms with Crippen molar-refractivity contribution in [3.8, 4) is 11.1 Å². The third-order valence-electron chi connectivity index (χ3n) is 5.82. The van der Waals surface area contributed by atoms with Crippen LogP contribution >= 0.6 is 0 Å². The summed E-state index contributed by atoms with van der Waals surface area (Å²) in [5.41, 5.74) is 11.2. The largest absolute Gasteiger partial charge is 0.395 e. The number of aromatic nitrogens is 2. The molecule has 0 fully saturated rings. The maximum Gasteiger partial charge on any atom is 0.259 e. The molecule has 0 spiro atoms. The molecule has 0 saturated heterocycles. The van der Waals surface area contributed by atoms with Crippen LogP contribution in [0.4, 0.5) is 5.69 Å². The monoisotopic (exact) mass is 456 g/mol. The molecule has 4 N–H and O–H groups in total. The van der Waals surface area contributed by atoms with Gasteiger partial charge in [-0.2, -0.15) is 0 Å². The van der Waals surface area contributed by atoms with Crippen LogP contribution in [0.2, 0.25) is 0 Å². The van der Waals surface area contributed by atoms with E-state index in [-0.39, 0.29) is 24.6 Å². The minimum Gasteiger partial charge on any atom is -0.395 e. The van der Waals surface area contributed by atoms with E-state index in [0.717, 1.165) is 22.2 Å². The van der Waals surface area contributed by atoms with Crippen LogP contribution < -0.4 is 16.6 Å². The number of hydrogen-bond acceptors (Lipinski definition) is 5. The number of rotatable bonds is 7. The van der Waals surface area contributed by atoms with E-state index in [4.69, 9.17) is 5.73 Å². The van der Waals surface area contributed by atoms with Crippen molar-refractivity contribution in [3.63, 3.8) is 0 Å². The summed E-state index contributed by atoms with van der Waals surface area (Å²) < 4.78 is 1.57. The van der Waals surface area contributed by atoms with E-state index < -0.39 is 0 Å². The zero-order chi connectivity index (χ0) is 24.2. The Morgan fingerprint density at radius 1 is 1.09 bits per heavy atom. The van der Waals surface area contributed by atoms with Crippen molar-refractivity contribution in [2.75, 3.05) is 18.5 Å². The zero-order valence-electron chi connectivity index (χ0n) is 19.3. The van der Waals surface area contributed by atoms with E-state index in [1.165, 1.54) is 0 Å². The zero-order valence-corrected chi connectivity index (χ0v) is 19.3. The summed E-state index contributed by atoms with van der Waals surface area (Å²) in [4.78, 5) is 30.7. The lowest BCUT2D eigenvalue weighted by Gasteiger charge is -2.15. The Balaban J connectivity index is 1.79.